The summed E-state index contributed by atoms with van der Waals surface area (Å²) < 4.78 is 2.06. The van der Waals surface area contributed by atoms with E-state index in [1.54, 1.807) is 0 Å². The van der Waals surface area contributed by atoms with Crippen LogP contribution >= 0.6 is 0 Å². The van der Waals surface area contributed by atoms with Crippen molar-refractivity contribution in [3.05, 3.63) is 188 Å². The first kappa shape index (κ1) is 30.6. The van der Waals surface area contributed by atoms with E-state index in [4.69, 9.17) is 19.9 Å². The normalized spacial score (nSPS) is 11.4. The van der Waals surface area contributed by atoms with Gasteiger partial charge in [0.05, 0.1) is 17.1 Å². The second-order valence-corrected chi connectivity index (χ2v) is 13.1. The molecule has 0 unspecified atom stereocenters. The summed E-state index contributed by atoms with van der Waals surface area (Å²) in [7, 11) is 0. The Bertz CT molecular complexity index is 2860. The number of nitrogens with zero attached hydrogens (tertiary/aromatic N) is 5. The first-order chi connectivity index (χ1) is 26.3. The lowest BCUT2D eigenvalue weighted by molar-refractivity contribution is 1.18. The molecule has 0 radical (unpaired) electrons. The fourth-order valence-electron chi connectivity index (χ4n) is 7.29. The lowest BCUT2D eigenvalue weighted by atomic mass is 9.92. The monoisotopic (exact) mass is 677 g/mol. The number of imidazole rings is 1. The van der Waals surface area contributed by atoms with Gasteiger partial charge >= 0.3 is 0 Å². The van der Waals surface area contributed by atoms with Gasteiger partial charge in [0.15, 0.2) is 11.5 Å². The fourth-order valence-corrected chi connectivity index (χ4v) is 7.29. The quantitative estimate of drug-likeness (QED) is 0.176. The number of pyridine rings is 2. The van der Waals surface area contributed by atoms with Gasteiger partial charge in [0.25, 0.3) is 0 Å². The SMILES string of the molecule is c1ccc(-c2ccc(-c3nc(-c4ccccc4)c(-c4cccc(-c5nc6c(nc7ccccn76)c6ccccc56)c4)c(-c4ccccc4)n3)cc2)cc1. The molecule has 5 nitrogen and oxygen atoms in total. The van der Waals surface area contributed by atoms with Crippen molar-refractivity contribution in [2.45, 2.75) is 0 Å². The van der Waals surface area contributed by atoms with E-state index in [0.29, 0.717) is 5.82 Å². The van der Waals surface area contributed by atoms with Crippen molar-refractivity contribution in [3.8, 4) is 67.4 Å². The molecular formula is C48H31N5. The molecule has 0 N–H and O–H groups in total. The second kappa shape index (κ2) is 12.8. The maximum atomic E-state index is 5.36. The Morgan fingerprint density at radius 1 is 0.340 bits per heavy atom. The van der Waals surface area contributed by atoms with Crippen LogP contribution in [0, 0.1) is 0 Å². The summed E-state index contributed by atoms with van der Waals surface area (Å²) in [5.41, 5.74) is 13.5. The van der Waals surface area contributed by atoms with Gasteiger partial charge in [-0.05, 0) is 34.9 Å². The summed E-state index contributed by atoms with van der Waals surface area (Å²) in [6, 6.07) is 62.9. The molecule has 10 rings (SSSR count). The van der Waals surface area contributed by atoms with E-state index in [-0.39, 0.29) is 0 Å². The second-order valence-electron chi connectivity index (χ2n) is 13.1. The Hall–Kier alpha value is -7.24. The maximum Gasteiger partial charge on any atom is 0.165 e. The van der Waals surface area contributed by atoms with Crippen molar-refractivity contribution in [1.82, 2.24) is 24.3 Å². The average Bonchev–Trinajstić information content (AvgIpc) is 3.63. The highest BCUT2D eigenvalue weighted by atomic mass is 15.1. The van der Waals surface area contributed by atoms with Crippen LogP contribution < -0.4 is 0 Å². The van der Waals surface area contributed by atoms with Crippen molar-refractivity contribution in [2.75, 3.05) is 0 Å². The number of aromatic nitrogens is 5. The van der Waals surface area contributed by atoms with Crippen LogP contribution in [0.4, 0.5) is 0 Å². The largest absolute Gasteiger partial charge is 0.284 e. The van der Waals surface area contributed by atoms with E-state index < -0.39 is 0 Å². The highest BCUT2D eigenvalue weighted by Gasteiger charge is 2.22. The predicted molar refractivity (Wildman–Crippen MR) is 216 cm³/mol. The molecule has 53 heavy (non-hydrogen) atoms. The Morgan fingerprint density at radius 3 is 1.55 bits per heavy atom. The Labute approximate surface area is 306 Å². The fraction of sp³-hybridized carbons (Fsp3) is 0. The zero-order valence-electron chi connectivity index (χ0n) is 28.6. The molecule has 0 saturated heterocycles. The van der Waals surface area contributed by atoms with Gasteiger partial charge in [0.2, 0.25) is 0 Å². The van der Waals surface area contributed by atoms with Crippen molar-refractivity contribution < 1.29 is 0 Å². The zero-order valence-corrected chi connectivity index (χ0v) is 28.6. The summed E-state index contributed by atoms with van der Waals surface area (Å²) in [6.07, 6.45) is 2.03. The summed E-state index contributed by atoms with van der Waals surface area (Å²) in [6.45, 7) is 0. The summed E-state index contributed by atoms with van der Waals surface area (Å²) in [5, 5.41) is 2.13. The third-order valence-electron chi connectivity index (χ3n) is 9.84. The molecule has 0 aliphatic carbocycles. The summed E-state index contributed by atoms with van der Waals surface area (Å²) >= 11 is 0. The Morgan fingerprint density at radius 2 is 0.868 bits per heavy atom. The van der Waals surface area contributed by atoms with Gasteiger partial charge in [0.1, 0.15) is 11.2 Å². The highest BCUT2D eigenvalue weighted by molar-refractivity contribution is 6.09. The number of fused-ring (bicyclic) bond motifs is 5. The molecule has 4 aromatic heterocycles. The first-order valence-corrected chi connectivity index (χ1v) is 17.7. The minimum absolute atomic E-state index is 0.674. The summed E-state index contributed by atoms with van der Waals surface area (Å²) in [4.78, 5) is 21.0. The van der Waals surface area contributed by atoms with E-state index in [1.165, 1.54) is 5.56 Å². The predicted octanol–water partition coefficient (Wildman–Crippen LogP) is 11.8. The van der Waals surface area contributed by atoms with E-state index in [2.05, 4.69) is 150 Å². The molecule has 0 atom stereocenters. The average molecular weight is 678 g/mol. The molecule has 0 aliphatic rings. The van der Waals surface area contributed by atoms with Gasteiger partial charge in [-0.1, -0.05) is 164 Å². The molecule has 248 valence electrons. The minimum atomic E-state index is 0.674. The van der Waals surface area contributed by atoms with Crippen LogP contribution in [-0.4, -0.2) is 24.3 Å². The van der Waals surface area contributed by atoms with Gasteiger partial charge < -0.3 is 0 Å². The van der Waals surface area contributed by atoms with Crippen LogP contribution in [0.2, 0.25) is 0 Å². The molecule has 4 heterocycles. The van der Waals surface area contributed by atoms with Gasteiger partial charge in [-0.25, -0.2) is 19.9 Å². The number of rotatable bonds is 6. The topological polar surface area (TPSA) is 56.0 Å². The van der Waals surface area contributed by atoms with Crippen LogP contribution in [0.25, 0.3) is 95.0 Å². The first-order valence-electron chi connectivity index (χ1n) is 17.7. The van der Waals surface area contributed by atoms with Crippen LogP contribution in [0.3, 0.4) is 0 Å². The van der Waals surface area contributed by atoms with Crippen molar-refractivity contribution >= 4 is 27.6 Å². The molecule has 0 amide bonds. The van der Waals surface area contributed by atoms with Gasteiger partial charge in [-0.15, -0.1) is 0 Å². The standard InChI is InChI=1S/C48H31N5/c1-4-15-32(16-5-1)33-26-28-36(29-27-33)47-50-44(34-17-6-2-7-18-34)42(45(51-47)35-19-8-3-9-20-35)37-21-14-22-38(31-37)43-39-23-10-11-24-40(39)46-48(52-43)53-30-13-12-25-41(53)49-46/h1-31H. The van der Waals surface area contributed by atoms with E-state index in [1.807, 2.05) is 42.6 Å². The molecule has 0 saturated carbocycles. The summed E-state index contributed by atoms with van der Waals surface area (Å²) in [5.74, 6) is 0.674. The maximum absolute atomic E-state index is 5.36. The van der Waals surface area contributed by atoms with E-state index in [0.717, 1.165) is 83.6 Å². The van der Waals surface area contributed by atoms with E-state index >= 15 is 0 Å². The number of benzene rings is 6. The lowest BCUT2D eigenvalue weighted by Gasteiger charge is -2.18. The minimum Gasteiger partial charge on any atom is -0.284 e. The molecular weight excluding hydrogens is 647 g/mol. The molecule has 6 aromatic carbocycles. The van der Waals surface area contributed by atoms with Crippen molar-refractivity contribution in [2.24, 2.45) is 0 Å². The third kappa shape index (κ3) is 5.43. The van der Waals surface area contributed by atoms with Crippen molar-refractivity contribution in [1.29, 1.82) is 0 Å². The van der Waals surface area contributed by atoms with Gasteiger partial charge in [-0.2, -0.15) is 0 Å². The van der Waals surface area contributed by atoms with Crippen LogP contribution in [-0.2, 0) is 0 Å². The number of hydrogen-bond donors (Lipinski definition) is 0. The molecule has 10 aromatic rings. The third-order valence-corrected chi connectivity index (χ3v) is 9.84. The smallest absolute Gasteiger partial charge is 0.165 e. The van der Waals surface area contributed by atoms with Gasteiger partial charge in [-0.3, -0.25) is 4.40 Å². The van der Waals surface area contributed by atoms with Crippen LogP contribution in [0.15, 0.2) is 188 Å². The Balaban J connectivity index is 1.20. The Kier molecular flexibility index (Phi) is 7.40. The highest BCUT2D eigenvalue weighted by Crippen LogP contribution is 2.42. The van der Waals surface area contributed by atoms with E-state index in [9.17, 15) is 0 Å². The molecule has 5 heteroatoms. The molecule has 0 spiro atoms. The lowest BCUT2D eigenvalue weighted by Crippen LogP contribution is -2.01. The van der Waals surface area contributed by atoms with Crippen LogP contribution in [0.1, 0.15) is 0 Å². The van der Waals surface area contributed by atoms with Crippen LogP contribution in [0.5, 0.6) is 0 Å². The van der Waals surface area contributed by atoms with Gasteiger partial charge in [0, 0.05) is 44.8 Å². The number of hydrogen-bond acceptors (Lipinski definition) is 4. The van der Waals surface area contributed by atoms with Crippen molar-refractivity contribution in [3.63, 3.8) is 0 Å². The molecule has 0 aliphatic heterocycles. The molecule has 0 bridgehead atoms. The molecule has 0 fully saturated rings. The zero-order chi connectivity index (χ0) is 35.1.